The van der Waals surface area contributed by atoms with Crippen LogP contribution in [-0.2, 0) is 14.3 Å². The fourth-order valence-corrected chi connectivity index (χ4v) is 11.1. The highest BCUT2D eigenvalue weighted by Gasteiger charge is 2.72. The summed E-state index contributed by atoms with van der Waals surface area (Å²) in [6.45, 7) is 14.7. The SMILES string of the molecule is CC(C)(O)CCC(=O)[C@](C)(O)[C@H]1[C@H](O)C[C@@]2(C)[C@@H]3CC=C4[C@@H](C[C@H](O[C@@H]5O[C@H](CO)[C@@H](O)[C@H](O)[C@H]5O)[C@H](O)C4(C)C)[C@]3(C)CC[C@]12C. The van der Waals surface area contributed by atoms with Crippen LogP contribution in [0.2, 0.25) is 0 Å². The van der Waals surface area contributed by atoms with Crippen LogP contribution in [0.1, 0.15) is 100 Å². The van der Waals surface area contributed by atoms with Gasteiger partial charge in [0.2, 0.25) is 0 Å². The molecule has 15 atom stereocenters. The number of hydrogen-bond acceptors (Lipinski definition) is 11. The van der Waals surface area contributed by atoms with E-state index in [0.717, 1.165) is 18.4 Å². The Labute approximate surface area is 279 Å². The molecule has 11 heteroatoms. The van der Waals surface area contributed by atoms with Crippen LogP contribution in [0.4, 0.5) is 0 Å². The topological polar surface area (TPSA) is 197 Å². The van der Waals surface area contributed by atoms with E-state index in [0.29, 0.717) is 19.3 Å². The van der Waals surface area contributed by atoms with Crippen LogP contribution < -0.4 is 0 Å². The predicted octanol–water partition coefficient (Wildman–Crippen LogP) is 1.59. The molecule has 4 fully saturated rings. The summed E-state index contributed by atoms with van der Waals surface area (Å²) in [4.78, 5) is 13.5. The van der Waals surface area contributed by atoms with Gasteiger partial charge >= 0.3 is 0 Å². The number of aliphatic hydroxyl groups is 8. The average molecular weight is 669 g/mol. The van der Waals surface area contributed by atoms with Crippen molar-refractivity contribution in [2.45, 2.75) is 161 Å². The van der Waals surface area contributed by atoms with Crippen molar-refractivity contribution < 1.29 is 55.1 Å². The molecule has 0 bridgehead atoms. The van der Waals surface area contributed by atoms with Crippen LogP contribution >= 0.6 is 0 Å². The number of aliphatic hydroxyl groups excluding tert-OH is 6. The summed E-state index contributed by atoms with van der Waals surface area (Å²) in [5.74, 6) is -1.02. The first-order chi connectivity index (χ1) is 21.5. The minimum atomic E-state index is -1.78. The monoisotopic (exact) mass is 668 g/mol. The molecule has 1 aliphatic heterocycles. The van der Waals surface area contributed by atoms with Crippen molar-refractivity contribution in [3.63, 3.8) is 0 Å². The number of hydrogen-bond donors (Lipinski definition) is 8. The molecule has 270 valence electrons. The molecule has 11 nitrogen and oxygen atoms in total. The number of carbonyl (C=O) groups is 1. The maximum Gasteiger partial charge on any atom is 0.187 e. The van der Waals surface area contributed by atoms with Crippen molar-refractivity contribution >= 4 is 5.78 Å². The minimum absolute atomic E-state index is 0.00900. The Morgan fingerprint density at radius 3 is 2.19 bits per heavy atom. The van der Waals surface area contributed by atoms with E-state index in [4.69, 9.17) is 9.47 Å². The highest BCUT2D eigenvalue weighted by molar-refractivity contribution is 5.87. The fraction of sp³-hybridized carbons (Fsp3) is 0.917. The van der Waals surface area contributed by atoms with Gasteiger partial charge in [-0.25, -0.2) is 0 Å². The first-order valence-corrected chi connectivity index (χ1v) is 17.5. The second-order valence-corrected chi connectivity index (χ2v) is 17.7. The number of allylic oxidation sites excluding steroid dienone is 1. The largest absolute Gasteiger partial charge is 0.394 e. The van der Waals surface area contributed by atoms with Crippen LogP contribution in [-0.4, -0.2) is 113 Å². The molecular formula is C36H60O11. The van der Waals surface area contributed by atoms with Crippen molar-refractivity contribution in [1.82, 2.24) is 0 Å². The van der Waals surface area contributed by atoms with Crippen molar-refractivity contribution in [1.29, 1.82) is 0 Å². The van der Waals surface area contributed by atoms with Crippen LogP contribution in [0.15, 0.2) is 11.6 Å². The van der Waals surface area contributed by atoms with Crippen LogP contribution in [0.3, 0.4) is 0 Å². The predicted molar refractivity (Wildman–Crippen MR) is 172 cm³/mol. The molecule has 3 saturated carbocycles. The van der Waals surface area contributed by atoms with E-state index >= 15 is 0 Å². The summed E-state index contributed by atoms with van der Waals surface area (Å²) in [7, 11) is 0. The van der Waals surface area contributed by atoms with Crippen LogP contribution in [0.5, 0.6) is 0 Å². The maximum absolute atomic E-state index is 13.5. The van der Waals surface area contributed by atoms with Gasteiger partial charge in [0.15, 0.2) is 12.1 Å². The smallest absolute Gasteiger partial charge is 0.187 e. The van der Waals surface area contributed by atoms with Crippen LogP contribution in [0, 0.1) is 39.4 Å². The lowest BCUT2D eigenvalue weighted by molar-refractivity contribution is -0.324. The second-order valence-electron chi connectivity index (χ2n) is 17.7. The van der Waals surface area contributed by atoms with Gasteiger partial charge in [0.1, 0.15) is 30.0 Å². The molecular weight excluding hydrogens is 608 g/mol. The van der Waals surface area contributed by atoms with Gasteiger partial charge < -0.3 is 50.3 Å². The van der Waals surface area contributed by atoms with Crippen molar-refractivity contribution in [2.24, 2.45) is 39.4 Å². The number of fused-ring (bicyclic) bond motifs is 5. The van der Waals surface area contributed by atoms with Gasteiger partial charge in [-0.05, 0) is 87.4 Å². The molecule has 5 rings (SSSR count). The standard InChI is InChI=1S/C36H60O11/c1-31(2,44)12-11-24(39)36(8,45)28-20(38)16-35(7)23-10-9-18-19(33(23,5)13-14-34(28,35)6)15-21(29(43)32(18,3)4)46-30-27(42)26(41)25(40)22(17-37)47-30/h9,19-23,25-30,37-38,40-45H,10-17H2,1-8H3/t19-,20-,21+,22-,23-,25-,26+,27-,28+,29+,30-,33+,34-,35+,36+/m1/s1. The van der Waals surface area contributed by atoms with Gasteiger partial charge in [0.05, 0.1) is 30.5 Å². The van der Waals surface area contributed by atoms with Crippen molar-refractivity contribution in [2.75, 3.05) is 6.61 Å². The van der Waals surface area contributed by atoms with E-state index < -0.39 is 89.0 Å². The summed E-state index contributed by atoms with van der Waals surface area (Å²) >= 11 is 0. The first-order valence-electron chi connectivity index (χ1n) is 17.5. The zero-order valence-electron chi connectivity index (χ0n) is 29.4. The molecule has 0 aromatic heterocycles. The van der Waals surface area contributed by atoms with Gasteiger partial charge in [-0.3, -0.25) is 4.79 Å². The van der Waals surface area contributed by atoms with Gasteiger partial charge in [-0.1, -0.05) is 46.3 Å². The lowest BCUT2D eigenvalue weighted by Crippen LogP contribution is -2.64. The Morgan fingerprint density at radius 2 is 1.60 bits per heavy atom. The summed E-state index contributed by atoms with van der Waals surface area (Å²) < 4.78 is 11.9. The van der Waals surface area contributed by atoms with E-state index in [1.54, 1.807) is 13.8 Å². The van der Waals surface area contributed by atoms with Gasteiger partial charge in [0.25, 0.3) is 0 Å². The highest BCUT2D eigenvalue weighted by Crippen LogP contribution is 2.75. The molecule has 4 aliphatic carbocycles. The third-order valence-electron chi connectivity index (χ3n) is 14.1. The van der Waals surface area contributed by atoms with E-state index in [1.165, 1.54) is 6.92 Å². The first kappa shape index (κ1) is 37.3. The third kappa shape index (κ3) is 5.69. The average Bonchev–Trinajstić information content (AvgIpc) is 3.19. The molecule has 1 heterocycles. The zero-order valence-corrected chi connectivity index (χ0v) is 29.4. The maximum atomic E-state index is 13.5. The Balaban J connectivity index is 1.45. The van der Waals surface area contributed by atoms with E-state index in [9.17, 15) is 45.6 Å². The number of ether oxygens (including phenoxy) is 2. The molecule has 0 amide bonds. The second kappa shape index (κ2) is 12.1. The quantitative estimate of drug-likeness (QED) is 0.175. The Kier molecular flexibility index (Phi) is 9.57. The lowest BCUT2D eigenvalue weighted by atomic mass is 9.38. The number of Topliss-reactive ketones (excluding diaryl/α,β-unsaturated/α-hetero) is 1. The van der Waals surface area contributed by atoms with Crippen LogP contribution in [0.25, 0.3) is 0 Å². The molecule has 0 unspecified atom stereocenters. The summed E-state index contributed by atoms with van der Waals surface area (Å²) in [6.07, 6.45) is -4.43. The third-order valence-corrected chi connectivity index (χ3v) is 14.1. The van der Waals surface area contributed by atoms with E-state index in [-0.39, 0.29) is 35.9 Å². The Hall–Kier alpha value is -0.990. The zero-order chi connectivity index (χ0) is 35.3. The molecule has 0 aromatic carbocycles. The van der Waals surface area contributed by atoms with E-state index in [2.05, 4.69) is 26.8 Å². The molecule has 0 aromatic rings. The van der Waals surface area contributed by atoms with Gasteiger partial charge in [0, 0.05) is 17.8 Å². The van der Waals surface area contributed by atoms with Gasteiger partial charge in [-0.15, -0.1) is 0 Å². The molecule has 5 aliphatic rings. The number of rotatable bonds is 8. The summed E-state index contributed by atoms with van der Waals surface area (Å²) in [6, 6.07) is 0. The molecule has 8 N–H and O–H groups in total. The highest BCUT2D eigenvalue weighted by atomic mass is 16.7. The summed E-state index contributed by atoms with van der Waals surface area (Å²) in [5.41, 5.74) is -3.70. The molecule has 1 saturated heterocycles. The molecule has 47 heavy (non-hydrogen) atoms. The number of ketones is 1. The van der Waals surface area contributed by atoms with Crippen molar-refractivity contribution in [3.05, 3.63) is 11.6 Å². The lowest BCUT2D eigenvalue weighted by Gasteiger charge is -2.66. The molecule has 0 radical (unpaired) electrons. The summed E-state index contributed by atoms with van der Waals surface area (Å²) in [5, 5.41) is 86.5. The minimum Gasteiger partial charge on any atom is -0.394 e. The number of carbonyl (C=O) groups excluding carboxylic acids is 1. The van der Waals surface area contributed by atoms with E-state index in [1.807, 2.05) is 13.8 Å². The Bertz CT molecular complexity index is 1220. The van der Waals surface area contributed by atoms with Gasteiger partial charge in [-0.2, -0.15) is 0 Å². The fourth-order valence-electron chi connectivity index (χ4n) is 11.1. The Morgan fingerprint density at radius 1 is 0.957 bits per heavy atom. The normalized spacial score (nSPS) is 49.3. The molecule has 0 spiro atoms. The van der Waals surface area contributed by atoms with Crippen molar-refractivity contribution in [3.8, 4) is 0 Å².